The molecule has 1 saturated carbocycles. The van der Waals surface area contributed by atoms with Gasteiger partial charge >= 0.3 is 0 Å². The van der Waals surface area contributed by atoms with E-state index < -0.39 is 0 Å². The van der Waals surface area contributed by atoms with Gasteiger partial charge in [0.1, 0.15) is 0 Å². The normalized spacial score (nSPS) is 18.6. The quantitative estimate of drug-likeness (QED) is 0.469. The number of unbranched alkanes of at least 4 members (excludes halogenated alkanes) is 8. The molecule has 1 atom stereocenters. The molecule has 0 aliphatic heterocycles. The van der Waals surface area contributed by atoms with E-state index in [9.17, 15) is 0 Å². The van der Waals surface area contributed by atoms with Crippen LogP contribution in [0.25, 0.3) is 0 Å². The zero-order chi connectivity index (χ0) is 13.8. The molecule has 1 aliphatic carbocycles. The molecule has 1 unspecified atom stereocenters. The molecule has 2 N–H and O–H groups in total. The van der Waals surface area contributed by atoms with E-state index >= 15 is 0 Å². The van der Waals surface area contributed by atoms with E-state index in [2.05, 4.69) is 6.92 Å². The van der Waals surface area contributed by atoms with E-state index in [4.69, 9.17) is 5.73 Å². The number of nitrogens with two attached hydrogens (primary N) is 1. The monoisotopic (exact) mass is 267 g/mol. The van der Waals surface area contributed by atoms with E-state index in [0.29, 0.717) is 6.04 Å². The van der Waals surface area contributed by atoms with Crippen molar-refractivity contribution in [3.05, 3.63) is 0 Å². The van der Waals surface area contributed by atoms with Crippen LogP contribution in [0.4, 0.5) is 0 Å². The van der Waals surface area contributed by atoms with Crippen LogP contribution in [0.1, 0.15) is 103 Å². The van der Waals surface area contributed by atoms with Crippen molar-refractivity contribution in [1.82, 2.24) is 0 Å². The summed E-state index contributed by atoms with van der Waals surface area (Å²) in [5.74, 6) is 0.850. The molecule has 1 heteroatoms. The molecule has 19 heavy (non-hydrogen) atoms. The molecule has 0 bridgehead atoms. The second-order valence-electron chi connectivity index (χ2n) is 6.68. The van der Waals surface area contributed by atoms with Gasteiger partial charge in [0, 0.05) is 6.04 Å². The van der Waals surface area contributed by atoms with Crippen molar-refractivity contribution in [2.24, 2.45) is 11.7 Å². The Bertz CT molecular complexity index is 184. The van der Waals surface area contributed by atoms with Gasteiger partial charge in [0.2, 0.25) is 0 Å². The van der Waals surface area contributed by atoms with E-state index in [1.807, 2.05) is 0 Å². The molecule has 0 radical (unpaired) electrons. The summed E-state index contributed by atoms with van der Waals surface area (Å²) in [7, 11) is 0. The average molecular weight is 268 g/mol. The van der Waals surface area contributed by atoms with Gasteiger partial charge in [-0.25, -0.2) is 0 Å². The Kier molecular flexibility index (Phi) is 10.5. The first-order chi connectivity index (χ1) is 9.34. The number of rotatable bonds is 11. The summed E-state index contributed by atoms with van der Waals surface area (Å²) < 4.78 is 0. The minimum Gasteiger partial charge on any atom is -0.327 e. The third kappa shape index (κ3) is 8.68. The first-order valence-corrected chi connectivity index (χ1v) is 9.10. The first-order valence-electron chi connectivity index (χ1n) is 9.10. The van der Waals surface area contributed by atoms with Crippen molar-refractivity contribution >= 4 is 0 Å². The van der Waals surface area contributed by atoms with Gasteiger partial charge in [0.05, 0.1) is 0 Å². The lowest BCUT2D eigenvalue weighted by molar-refractivity contribution is 0.290. The third-order valence-electron chi connectivity index (χ3n) is 4.90. The molecule has 1 rings (SSSR count). The number of hydrogen-bond acceptors (Lipinski definition) is 1. The van der Waals surface area contributed by atoms with Gasteiger partial charge in [-0.1, -0.05) is 84.0 Å². The van der Waals surface area contributed by atoms with Crippen molar-refractivity contribution in [3.8, 4) is 0 Å². The van der Waals surface area contributed by atoms with Crippen molar-refractivity contribution in [1.29, 1.82) is 0 Å². The van der Waals surface area contributed by atoms with Crippen LogP contribution in [0.3, 0.4) is 0 Å². The molecule has 0 heterocycles. The Balaban J connectivity index is 1.84. The van der Waals surface area contributed by atoms with Crippen LogP contribution in [0.5, 0.6) is 0 Å². The molecule has 0 spiro atoms. The summed E-state index contributed by atoms with van der Waals surface area (Å²) >= 11 is 0. The zero-order valence-electron chi connectivity index (χ0n) is 13.3. The van der Waals surface area contributed by atoms with Gasteiger partial charge in [0.25, 0.3) is 0 Å². The van der Waals surface area contributed by atoms with Crippen LogP contribution < -0.4 is 5.73 Å². The van der Waals surface area contributed by atoms with Crippen molar-refractivity contribution in [2.45, 2.75) is 109 Å². The highest BCUT2D eigenvalue weighted by Crippen LogP contribution is 2.27. The Hall–Kier alpha value is -0.0400. The minimum absolute atomic E-state index is 0.504. The lowest BCUT2D eigenvalue weighted by Crippen LogP contribution is -2.31. The van der Waals surface area contributed by atoms with Crippen molar-refractivity contribution < 1.29 is 0 Å². The maximum Gasteiger partial charge on any atom is 0.00671 e. The highest BCUT2D eigenvalue weighted by atomic mass is 14.6. The molecule has 0 aromatic rings. The number of hydrogen-bond donors (Lipinski definition) is 1. The Morgan fingerprint density at radius 3 is 1.89 bits per heavy atom. The molecular weight excluding hydrogens is 230 g/mol. The van der Waals surface area contributed by atoms with Gasteiger partial charge in [-0.05, 0) is 25.2 Å². The maximum atomic E-state index is 6.34. The molecule has 0 aromatic heterocycles. The summed E-state index contributed by atoms with van der Waals surface area (Å²) in [5.41, 5.74) is 6.34. The van der Waals surface area contributed by atoms with Gasteiger partial charge < -0.3 is 5.73 Å². The van der Waals surface area contributed by atoms with Crippen LogP contribution in [-0.2, 0) is 0 Å². The summed E-state index contributed by atoms with van der Waals surface area (Å²) in [5, 5.41) is 0. The fourth-order valence-electron chi connectivity index (χ4n) is 3.49. The largest absolute Gasteiger partial charge is 0.327 e. The van der Waals surface area contributed by atoms with Crippen molar-refractivity contribution in [2.75, 3.05) is 0 Å². The van der Waals surface area contributed by atoms with Gasteiger partial charge in [-0.15, -0.1) is 0 Å². The molecular formula is C18H37N. The smallest absolute Gasteiger partial charge is 0.00671 e. The lowest BCUT2D eigenvalue weighted by atomic mass is 9.82. The van der Waals surface area contributed by atoms with E-state index in [0.717, 1.165) is 5.92 Å². The summed E-state index contributed by atoms with van der Waals surface area (Å²) in [6.45, 7) is 2.29. The molecule has 1 fully saturated rings. The average Bonchev–Trinajstić information content (AvgIpc) is 2.46. The van der Waals surface area contributed by atoms with Gasteiger partial charge in [0.15, 0.2) is 0 Å². The SMILES string of the molecule is CCCCCCCCCCCC(N)C1CCCCC1. The second kappa shape index (κ2) is 11.8. The van der Waals surface area contributed by atoms with E-state index in [1.54, 1.807) is 0 Å². The predicted octanol–water partition coefficient (Wildman–Crippen LogP) is 5.81. The van der Waals surface area contributed by atoms with Crippen LogP contribution in [0.2, 0.25) is 0 Å². The third-order valence-corrected chi connectivity index (χ3v) is 4.90. The van der Waals surface area contributed by atoms with Gasteiger partial charge in [-0.2, -0.15) is 0 Å². The molecule has 0 amide bonds. The molecule has 114 valence electrons. The Morgan fingerprint density at radius 1 is 0.789 bits per heavy atom. The highest BCUT2D eigenvalue weighted by molar-refractivity contribution is 4.76. The molecule has 0 aromatic carbocycles. The van der Waals surface area contributed by atoms with Crippen LogP contribution in [0.15, 0.2) is 0 Å². The predicted molar refractivity (Wildman–Crippen MR) is 86.4 cm³/mol. The maximum absolute atomic E-state index is 6.34. The molecule has 1 aliphatic rings. The fraction of sp³-hybridized carbons (Fsp3) is 1.00. The van der Waals surface area contributed by atoms with Gasteiger partial charge in [-0.3, -0.25) is 0 Å². The van der Waals surface area contributed by atoms with Crippen molar-refractivity contribution in [3.63, 3.8) is 0 Å². The Labute approximate surface area is 121 Å². The zero-order valence-corrected chi connectivity index (χ0v) is 13.3. The fourth-order valence-corrected chi connectivity index (χ4v) is 3.49. The summed E-state index contributed by atoms with van der Waals surface area (Å²) in [4.78, 5) is 0. The van der Waals surface area contributed by atoms with E-state index in [1.165, 1.54) is 96.3 Å². The standard InChI is InChI=1S/C18H37N/c1-2-3-4-5-6-7-8-9-13-16-18(19)17-14-11-10-12-15-17/h17-18H,2-16,19H2,1H3. The second-order valence-corrected chi connectivity index (χ2v) is 6.68. The topological polar surface area (TPSA) is 26.0 Å². The molecule has 1 nitrogen and oxygen atoms in total. The Morgan fingerprint density at radius 2 is 1.32 bits per heavy atom. The first kappa shape index (κ1) is 17.0. The van der Waals surface area contributed by atoms with Crippen LogP contribution in [0, 0.1) is 5.92 Å². The van der Waals surface area contributed by atoms with Crippen LogP contribution in [-0.4, -0.2) is 6.04 Å². The summed E-state index contributed by atoms with van der Waals surface area (Å²) in [6.07, 6.45) is 21.2. The van der Waals surface area contributed by atoms with E-state index in [-0.39, 0.29) is 0 Å². The minimum atomic E-state index is 0.504. The highest BCUT2D eigenvalue weighted by Gasteiger charge is 2.19. The summed E-state index contributed by atoms with van der Waals surface area (Å²) in [6, 6.07) is 0.504. The molecule has 0 saturated heterocycles. The lowest BCUT2D eigenvalue weighted by Gasteiger charge is -2.27. The van der Waals surface area contributed by atoms with Crippen LogP contribution >= 0.6 is 0 Å².